The summed E-state index contributed by atoms with van der Waals surface area (Å²) in [4.78, 5) is 14.7. The fourth-order valence-corrected chi connectivity index (χ4v) is 4.96. The molecule has 0 aromatic carbocycles. The van der Waals surface area contributed by atoms with Crippen LogP contribution in [0.3, 0.4) is 0 Å². The van der Waals surface area contributed by atoms with Crippen LogP contribution in [-0.4, -0.2) is 71.0 Å². The highest BCUT2D eigenvalue weighted by molar-refractivity contribution is 7.99. The number of nitrogens with one attached hydrogen (secondary N) is 1. The number of morpholine rings is 1. The Labute approximate surface area is 175 Å². The molecule has 1 saturated carbocycles. The van der Waals surface area contributed by atoms with Crippen molar-refractivity contribution in [3.8, 4) is 6.07 Å². The number of nitrogens with zero attached hydrogens (tertiary/aromatic N) is 5. The van der Waals surface area contributed by atoms with Crippen LogP contribution in [-0.2, 0) is 20.8 Å². The topological polar surface area (TPSA) is 105 Å². The predicted molar refractivity (Wildman–Crippen MR) is 108 cm³/mol. The van der Waals surface area contributed by atoms with Crippen molar-refractivity contribution in [2.45, 2.75) is 61.9 Å². The number of amides is 1. The fourth-order valence-electron chi connectivity index (χ4n) is 4.21. The van der Waals surface area contributed by atoms with Crippen molar-refractivity contribution in [1.82, 2.24) is 20.1 Å². The van der Waals surface area contributed by atoms with E-state index in [0.29, 0.717) is 19.8 Å². The zero-order valence-corrected chi connectivity index (χ0v) is 17.5. The van der Waals surface area contributed by atoms with Crippen LogP contribution < -0.4 is 10.2 Å². The highest BCUT2D eigenvalue weighted by Crippen LogP contribution is 2.30. The van der Waals surface area contributed by atoms with Gasteiger partial charge in [0.15, 0.2) is 5.16 Å². The summed E-state index contributed by atoms with van der Waals surface area (Å²) in [5.41, 5.74) is -0.692. The zero-order chi connectivity index (χ0) is 20.1. The van der Waals surface area contributed by atoms with Crippen molar-refractivity contribution in [2.24, 2.45) is 0 Å². The Bertz CT molecular complexity index is 746. The summed E-state index contributed by atoms with van der Waals surface area (Å²) in [5, 5.41) is 21.9. The molecule has 0 bridgehead atoms. The molecule has 4 rings (SSSR count). The minimum absolute atomic E-state index is 0.127. The molecule has 2 saturated heterocycles. The molecular formula is C19H28N6O3S. The van der Waals surface area contributed by atoms with E-state index in [1.54, 1.807) is 0 Å². The van der Waals surface area contributed by atoms with Crippen LogP contribution in [0.25, 0.3) is 0 Å². The van der Waals surface area contributed by atoms with Gasteiger partial charge in [0.25, 0.3) is 0 Å². The second kappa shape index (κ2) is 9.32. The molecule has 1 amide bonds. The maximum absolute atomic E-state index is 12.5. The average Bonchev–Trinajstić information content (AvgIpc) is 3.50. The number of anilines is 1. The van der Waals surface area contributed by atoms with Crippen LogP contribution in [0.15, 0.2) is 5.16 Å². The van der Waals surface area contributed by atoms with Crippen LogP contribution in [0.1, 0.15) is 38.5 Å². The van der Waals surface area contributed by atoms with Crippen LogP contribution in [0.5, 0.6) is 0 Å². The van der Waals surface area contributed by atoms with Gasteiger partial charge in [-0.3, -0.25) is 9.36 Å². The average molecular weight is 421 g/mol. The van der Waals surface area contributed by atoms with Gasteiger partial charge in [-0.1, -0.05) is 11.8 Å². The number of aromatic nitrogens is 3. The molecule has 1 aromatic rings. The Morgan fingerprint density at radius 2 is 2.03 bits per heavy atom. The van der Waals surface area contributed by atoms with E-state index in [0.717, 1.165) is 69.3 Å². The van der Waals surface area contributed by atoms with Crippen molar-refractivity contribution in [2.75, 3.05) is 43.6 Å². The molecule has 3 heterocycles. The van der Waals surface area contributed by atoms with Crippen molar-refractivity contribution in [3.05, 3.63) is 0 Å². The quantitative estimate of drug-likeness (QED) is 0.659. The van der Waals surface area contributed by atoms with Gasteiger partial charge in [0, 0.05) is 19.7 Å². The zero-order valence-electron chi connectivity index (χ0n) is 16.6. The third kappa shape index (κ3) is 4.85. The molecule has 1 atom stereocenters. The van der Waals surface area contributed by atoms with Gasteiger partial charge in [-0.25, -0.2) is 0 Å². The number of carbonyl (C=O) groups excluding carboxylic acids is 1. The summed E-state index contributed by atoms with van der Waals surface area (Å²) in [6.07, 6.45) is 5.68. The number of thioether (sulfide) groups is 1. The second-order valence-corrected chi connectivity index (χ2v) is 8.81. The van der Waals surface area contributed by atoms with Crippen LogP contribution >= 0.6 is 11.8 Å². The van der Waals surface area contributed by atoms with E-state index in [1.165, 1.54) is 11.8 Å². The van der Waals surface area contributed by atoms with Gasteiger partial charge in [0.1, 0.15) is 5.54 Å². The van der Waals surface area contributed by atoms with E-state index in [2.05, 4.69) is 31.1 Å². The molecular weight excluding hydrogens is 392 g/mol. The molecule has 3 aliphatic rings. The first-order valence-corrected chi connectivity index (χ1v) is 11.4. The van der Waals surface area contributed by atoms with Gasteiger partial charge in [-0.05, 0) is 38.5 Å². The maximum Gasteiger partial charge on any atom is 0.231 e. The molecule has 3 fully saturated rings. The Balaban J connectivity index is 1.43. The first-order valence-electron chi connectivity index (χ1n) is 10.4. The van der Waals surface area contributed by atoms with E-state index in [9.17, 15) is 10.1 Å². The number of hydrogen-bond acceptors (Lipinski definition) is 8. The molecule has 9 nitrogen and oxygen atoms in total. The fraction of sp³-hybridized carbons (Fsp3) is 0.789. The Morgan fingerprint density at radius 3 is 2.72 bits per heavy atom. The van der Waals surface area contributed by atoms with Crippen LogP contribution in [0.2, 0.25) is 0 Å². The molecule has 1 N–H and O–H groups in total. The minimum Gasteiger partial charge on any atom is -0.378 e. The summed E-state index contributed by atoms with van der Waals surface area (Å²) >= 11 is 1.37. The second-order valence-electron chi connectivity index (χ2n) is 7.87. The summed E-state index contributed by atoms with van der Waals surface area (Å²) in [5.74, 6) is 0.907. The molecule has 1 aliphatic carbocycles. The van der Waals surface area contributed by atoms with Gasteiger partial charge in [-0.2, -0.15) is 5.26 Å². The first kappa shape index (κ1) is 20.4. The molecule has 158 valence electrons. The largest absolute Gasteiger partial charge is 0.378 e. The van der Waals surface area contributed by atoms with Gasteiger partial charge in [-0.15, -0.1) is 10.2 Å². The Hall–Kier alpha value is -1.83. The van der Waals surface area contributed by atoms with Crippen molar-refractivity contribution >= 4 is 23.6 Å². The molecule has 1 aromatic heterocycles. The van der Waals surface area contributed by atoms with E-state index in [-0.39, 0.29) is 17.8 Å². The third-order valence-electron chi connectivity index (χ3n) is 5.78. The molecule has 10 heteroatoms. The third-order valence-corrected chi connectivity index (χ3v) is 6.75. The molecule has 29 heavy (non-hydrogen) atoms. The first-order chi connectivity index (χ1) is 14.2. The van der Waals surface area contributed by atoms with E-state index in [1.807, 2.05) is 0 Å². The number of carbonyl (C=O) groups is 1. The number of ether oxygens (including phenoxy) is 2. The lowest BCUT2D eigenvalue weighted by Gasteiger charge is -2.28. The van der Waals surface area contributed by atoms with Crippen molar-refractivity contribution in [3.63, 3.8) is 0 Å². The molecule has 2 aliphatic heterocycles. The van der Waals surface area contributed by atoms with Gasteiger partial charge in [0.05, 0.1) is 37.7 Å². The van der Waals surface area contributed by atoms with E-state index < -0.39 is 5.54 Å². The Kier molecular flexibility index (Phi) is 6.57. The molecule has 0 spiro atoms. The maximum atomic E-state index is 12.5. The smallest absolute Gasteiger partial charge is 0.231 e. The van der Waals surface area contributed by atoms with Gasteiger partial charge >= 0.3 is 0 Å². The van der Waals surface area contributed by atoms with E-state index in [4.69, 9.17) is 9.47 Å². The minimum atomic E-state index is -0.692. The summed E-state index contributed by atoms with van der Waals surface area (Å²) < 4.78 is 13.4. The highest BCUT2D eigenvalue weighted by Gasteiger charge is 2.35. The standard InChI is InChI=1S/C19H28N6O3S/c20-14-19(5-1-2-6-19)21-16(26)13-29-18-23-22-17(24-7-10-27-11-8-24)25(18)12-15-4-3-9-28-15/h15H,1-13H2,(H,21,26). The van der Waals surface area contributed by atoms with E-state index >= 15 is 0 Å². The lowest BCUT2D eigenvalue weighted by Crippen LogP contribution is -2.45. The molecule has 0 radical (unpaired) electrons. The lowest BCUT2D eigenvalue weighted by atomic mass is 10.0. The summed E-state index contributed by atoms with van der Waals surface area (Å²) in [7, 11) is 0. The van der Waals surface area contributed by atoms with Crippen molar-refractivity contribution < 1.29 is 14.3 Å². The highest BCUT2D eigenvalue weighted by atomic mass is 32.2. The SMILES string of the molecule is N#CC1(NC(=O)CSc2nnc(N3CCOCC3)n2CC2CCCO2)CCCC1. The summed E-state index contributed by atoms with van der Waals surface area (Å²) in [6, 6.07) is 2.30. The van der Waals surface area contributed by atoms with Gasteiger partial charge < -0.3 is 19.7 Å². The molecule has 1 unspecified atom stereocenters. The Morgan fingerprint density at radius 1 is 1.24 bits per heavy atom. The lowest BCUT2D eigenvalue weighted by molar-refractivity contribution is -0.119. The number of hydrogen-bond donors (Lipinski definition) is 1. The van der Waals surface area contributed by atoms with Crippen LogP contribution in [0, 0.1) is 11.3 Å². The normalized spacial score (nSPS) is 23.8. The summed E-state index contributed by atoms with van der Waals surface area (Å²) in [6.45, 7) is 4.38. The van der Waals surface area contributed by atoms with Crippen LogP contribution in [0.4, 0.5) is 5.95 Å². The monoisotopic (exact) mass is 420 g/mol. The number of nitriles is 1. The van der Waals surface area contributed by atoms with Gasteiger partial charge in [0.2, 0.25) is 11.9 Å². The van der Waals surface area contributed by atoms with Crippen molar-refractivity contribution in [1.29, 1.82) is 5.26 Å². The number of rotatable bonds is 7. The predicted octanol–water partition coefficient (Wildman–Crippen LogP) is 1.34.